The predicted octanol–water partition coefficient (Wildman–Crippen LogP) is 1.90. The molecule has 9 nitrogen and oxygen atoms in total. The quantitative estimate of drug-likeness (QED) is 0.560. The van der Waals surface area contributed by atoms with Crippen LogP contribution in [0.15, 0.2) is 30.3 Å². The van der Waals surface area contributed by atoms with Crippen LogP contribution in [0, 0.1) is 0 Å². The van der Waals surface area contributed by atoms with Gasteiger partial charge >= 0.3 is 23.9 Å². The van der Waals surface area contributed by atoms with Gasteiger partial charge in [0.2, 0.25) is 0 Å². The van der Waals surface area contributed by atoms with E-state index >= 15 is 0 Å². The van der Waals surface area contributed by atoms with Crippen LogP contribution in [0.2, 0.25) is 0 Å². The summed E-state index contributed by atoms with van der Waals surface area (Å²) in [6, 6.07) is 8.28. The number of carbonyl (C=O) groups excluding carboxylic acids is 4. The third-order valence-corrected chi connectivity index (χ3v) is 3.79. The number of hydrogen-bond acceptors (Lipinski definition) is 9. The van der Waals surface area contributed by atoms with E-state index in [-0.39, 0.29) is 11.3 Å². The normalized spacial score (nSPS) is 10.0. The first-order chi connectivity index (χ1) is 13.4. The van der Waals surface area contributed by atoms with E-state index in [9.17, 15) is 19.2 Å². The SMILES string of the molecule is COC(=O)c1nc(-c2ccccc2)c(C(=O)OC)c(C(=O)OC)c1C(=O)OC. The van der Waals surface area contributed by atoms with Crippen LogP contribution in [-0.4, -0.2) is 57.3 Å². The monoisotopic (exact) mass is 387 g/mol. The van der Waals surface area contributed by atoms with E-state index in [1.807, 2.05) is 0 Å². The Morgan fingerprint density at radius 1 is 0.643 bits per heavy atom. The van der Waals surface area contributed by atoms with Crippen molar-refractivity contribution in [2.45, 2.75) is 0 Å². The molecule has 146 valence electrons. The zero-order valence-electron chi connectivity index (χ0n) is 15.6. The Bertz CT molecular complexity index is 937. The molecule has 0 fully saturated rings. The van der Waals surface area contributed by atoms with Crippen LogP contribution in [0.1, 0.15) is 41.6 Å². The maximum atomic E-state index is 12.5. The molecule has 0 radical (unpaired) electrons. The van der Waals surface area contributed by atoms with Gasteiger partial charge in [0, 0.05) is 5.56 Å². The van der Waals surface area contributed by atoms with E-state index in [4.69, 9.17) is 9.47 Å². The molecule has 1 aromatic carbocycles. The first-order valence-corrected chi connectivity index (χ1v) is 7.87. The van der Waals surface area contributed by atoms with Crippen LogP contribution >= 0.6 is 0 Å². The van der Waals surface area contributed by atoms with Crippen molar-refractivity contribution in [1.29, 1.82) is 0 Å². The fraction of sp³-hybridized carbons (Fsp3) is 0.211. The number of hydrogen-bond donors (Lipinski definition) is 0. The number of benzene rings is 1. The lowest BCUT2D eigenvalue weighted by Gasteiger charge is -2.17. The van der Waals surface area contributed by atoms with Crippen LogP contribution in [0.3, 0.4) is 0 Å². The smallest absolute Gasteiger partial charge is 0.357 e. The number of rotatable bonds is 5. The molecular formula is C19H17NO8. The highest BCUT2D eigenvalue weighted by atomic mass is 16.5. The summed E-state index contributed by atoms with van der Waals surface area (Å²) in [7, 11) is 4.29. The van der Waals surface area contributed by atoms with Crippen molar-refractivity contribution in [3.63, 3.8) is 0 Å². The Labute approximate surface area is 160 Å². The van der Waals surface area contributed by atoms with Crippen molar-refractivity contribution < 1.29 is 38.1 Å². The van der Waals surface area contributed by atoms with Gasteiger partial charge in [0.1, 0.15) is 11.1 Å². The van der Waals surface area contributed by atoms with Crippen molar-refractivity contribution in [1.82, 2.24) is 4.98 Å². The van der Waals surface area contributed by atoms with Crippen LogP contribution in [0.4, 0.5) is 0 Å². The number of ether oxygens (including phenoxy) is 4. The number of methoxy groups -OCH3 is 4. The summed E-state index contributed by atoms with van der Waals surface area (Å²) in [5.41, 5.74) is -1.55. The van der Waals surface area contributed by atoms with Gasteiger partial charge in [-0.3, -0.25) is 0 Å². The highest BCUT2D eigenvalue weighted by Gasteiger charge is 2.36. The molecule has 0 spiro atoms. The van der Waals surface area contributed by atoms with E-state index in [2.05, 4.69) is 14.5 Å². The van der Waals surface area contributed by atoms with E-state index in [1.54, 1.807) is 30.3 Å². The standard InChI is InChI=1S/C19H17NO8/c1-25-16(21)11-12(17(22)26-2)14(10-8-6-5-7-9-10)20-15(19(24)28-4)13(11)18(23)27-3/h5-9H,1-4H3. The molecule has 2 aromatic rings. The molecule has 0 atom stereocenters. The maximum Gasteiger partial charge on any atom is 0.357 e. The summed E-state index contributed by atoms with van der Waals surface area (Å²) < 4.78 is 18.9. The molecule has 0 saturated carbocycles. The van der Waals surface area contributed by atoms with Gasteiger partial charge in [-0.1, -0.05) is 30.3 Å². The highest BCUT2D eigenvalue weighted by molar-refractivity contribution is 6.16. The zero-order valence-corrected chi connectivity index (χ0v) is 15.6. The van der Waals surface area contributed by atoms with Crippen LogP contribution in [0.5, 0.6) is 0 Å². The second-order valence-electron chi connectivity index (χ2n) is 5.27. The first-order valence-electron chi connectivity index (χ1n) is 7.87. The summed E-state index contributed by atoms with van der Waals surface area (Å²) in [6.45, 7) is 0. The molecule has 0 aliphatic heterocycles. The highest BCUT2D eigenvalue weighted by Crippen LogP contribution is 2.31. The third-order valence-electron chi connectivity index (χ3n) is 3.79. The van der Waals surface area contributed by atoms with Crippen LogP contribution in [0.25, 0.3) is 11.3 Å². The second-order valence-corrected chi connectivity index (χ2v) is 5.27. The van der Waals surface area contributed by atoms with Crippen LogP contribution < -0.4 is 0 Å². The lowest BCUT2D eigenvalue weighted by Crippen LogP contribution is -2.25. The van der Waals surface area contributed by atoms with E-state index in [0.29, 0.717) is 5.56 Å². The zero-order chi connectivity index (χ0) is 20.8. The molecule has 1 aromatic heterocycles. The Morgan fingerprint density at radius 2 is 1.11 bits per heavy atom. The fourth-order valence-electron chi connectivity index (χ4n) is 2.54. The number of esters is 4. The van der Waals surface area contributed by atoms with Gasteiger partial charge in [0.05, 0.1) is 39.7 Å². The second kappa shape index (κ2) is 8.76. The average molecular weight is 387 g/mol. The van der Waals surface area contributed by atoms with Gasteiger partial charge in [0.25, 0.3) is 0 Å². The minimum absolute atomic E-state index is 0.0547. The minimum Gasteiger partial charge on any atom is -0.465 e. The van der Waals surface area contributed by atoms with Gasteiger partial charge in [-0.05, 0) is 0 Å². The molecule has 2 rings (SSSR count). The predicted molar refractivity (Wildman–Crippen MR) is 95.0 cm³/mol. The Kier molecular flexibility index (Phi) is 6.43. The number of pyridine rings is 1. The average Bonchev–Trinajstić information content (AvgIpc) is 2.75. The third kappa shape index (κ3) is 3.68. The summed E-state index contributed by atoms with van der Waals surface area (Å²) >= 11 is 0. The molecule has 0 bridgehead atoms. The van der Waals surface area contributed by atoms with Gasteiger partial charge in [-0.15, -0.1) is 0 Å². The summed E-state index contributed by atoms with van der Waals surface area (Å²) in [5.74, 6) is -4.07. The number of aromatic nitrogens is 1. The van der Waals surface area contributed by atoms with Crippen molar-refractivity contribution in [3.05, 3.63) is 52.7 Å². The van der Waals surface area contributed by atoms with E-state index < -0.39 is 40.7 Å². The molecule has 0 aliphatic carbocycles. The summed E-state index contributed by atoms with van der Waals surface area (Å²) in [4.78, 5) is 53.9. The van der Waals surface area contributed by atoms with Gasteiger partial charge in [-0.25, -0.2) is 24.2 Å². The minimum atomic E-state index is -1.07. The Balaban J connectivity index is 3.09. The van der Waals surface area contributed by atoms with E-state index in [0.717, 1.165) is 28.4 Å². The number of carbonyl (C=O) groups is 4. The molecule has 28 heavy (non-hydrogen) atoms. The molecule has 9 heteroatoms. The van der Waals surface area contributed by atoms with Gasteiger partial charge in [0.15, 0.2) is 5.69 Å². The van der Waals surface area contributed by atoms with Crippen molar-refractivity contribution in [2.24, 2.45) is 0 Å². The lowest BCUT2D eigenvalue weighted by atomic mass is 9.94. The summed E-state index contributed by atoms with van der Waals surface area (Å²) in [6.07, 6.45) is 0. The summed E-state index contributed by atoms with van der Waals surface area (Å²) in [5, 5.41) is 0. The van der Waals surface area contributed by atoms with Crippen molar-refractivity contribution in [2.75, 3.05) is 28.4 Å². The molecule has 0 N–H and O–H groups in total. The first kappa shape index (κ1) is 20.6. The largest absolute Gasteiger partial charge is 0.465 e. The van der Waals surface area contributed by atoms with Crippen molar-refractivity contribution in [3.8, 4) is 11.3 Å². The number of nitrogens with zero attached hydrogens (tertiary/aromatic N) is 1. The molecule has 0 aliphatic rings. The topological polar surface area (TPSA) is 118 Å². The maximum absolute atomic E-state index is 12.5. The Hall–Kier alpha value is -3.75. The van der Waals surface area contributed by atoms with Crippen molar-refractivity contribution >= 4 is 23.9 Å². The van der Waals surface area contributed by atoms with Gasteiger partial charge < -0.3 is 18.9 Å². The van der Waals surface area contributed by atoms with Crippen LogP contribution in [-0.2, 0) is 18.9 Å². The lowest BCUT2D eigenvalue weighted by molar-refractivity contribution is 0.0518. The van der Waals surface area contributed by atoms with Gasteiger partial charge in [-0.2, -0.15) is 0 Å². The molecule has 1 heterocycles. The molecule has 0 saturated heterocycles. The molecular weight excluding hydrogens is 370 g/mol. The Morgan fingerprint density at radius 3 is 1.61 bits per heavy atom. The fourth-order valence-corrected chi connectivity index (χ4v) is 2.54. The van der Waals surface area contributed by atoms with E-state index in [1.165, 1.54) is 0 Å². The molecule has 0 amide bonds. The molecule has 0 unspecified atom stereocenters.